The first-order valence-corrected chi connectivity index (χ1v) is 11.0. The Balaban J connectivity index is 1.79. The molecule has 0 amide bonds. The molecule has 0 bridgehead atoms. The summed E-state index contributed by atoms with van der Waals surface area (Å²) in [6.45, 7) is 8.62. The lowest BCUT2D eigenvalue weighted by molar-refractivity contribution is 0.953. The van der Waals surface area contributed by atoms with E-state index in [0.29, 0.717) is 0 Å². The fourth-order valence-corrected chi connectivity index (χ4v) is 4.79. The van der Waals surface area contributed by atoms with Crippen molar-refractivity contribution in [3.63, 3.8) is 0 Å². The summed E-state index contributed by atoms with van der Waals surface area (Å²) >= 11 is 0. The molecule has 1 aliphatic rings. The standard InChI is InChI=1S/C31H28/c1-21-5-13-25(14-6-21)29-30(26-15-7-22(2)8-16-26)31(29,27-17-9-23(3)10-18-27)28-19-11-24(4)12-20-28/h5-20H,1-4H3. The molecular weight excluding hydrogens is 372 g/mol. The molecule has 5 rings (SSSR count). The molecule has 4 aromatic carbocycles. The minimum Gasteiger partial charge on any atom is -0.0590 e. The summed E-state index contributed by atoms with van der Waals surface area (Å²) in [7, 11) is 0. The average molecular weight is 401 g/mol. The molecule has 0 saturated heterocycles. The van der Waals surface area contributed by atoms with E-state index in [1.807, 2.05) is 0 Å². The molecule has 1 aliphatic carbocycles. The Hall–Kier alpha value is -3.38. The van der Waals surface area contributed by atoms with Gasteiger partial charge in [0.1, 0.15) is 0 Å². The van der Waals surface area contributed by atoms with Crippen LogP contribution in [0.25, 0.3) is 11.1 Å². The highest BCUT2D eigenvalue weighted by Crippen LogP contribution is 2.67. The molecule has 0 fully saturated rings. The highest BCUT2D eigenvalue weighted by Gasteiger charge is 2.56. The minimum atomic E-state index is -0.216. The third-order valence-electron chi connectivity index (χ3n) is 6.59. The van der Waals surface area contributed by atoms with Gasteiger partial charge in [0.2, 0.25) is 0 Å². The van der Waals surface area contributed by atoms with Gasteiger partial charge in [0, 0.05) is 0 Å². The van der Waals surface area contributed by atoms with Gasteiger partial charge in [-0.25, -0.2) is 0 Å². The summed E-state index contributed by atoms with van der Waals surface area (Å²) in [4.78, 5) is 0. The molecule has 0 saturated carbocycles. The third-order valence-corrected chi connectivity index (χ3v) is 6.59. The Bertz CT molecular complexity index is 1150. The molecule has 0 N–H and O–H groups in total. The second-order valence-electron chi connectivity index (χ2n) is 8.96. The van der Waals surface area contributed by atoms with Crippen LogP contribution in [0.15, 0.2) is 97.1 Å². The molecule has 31 heavy (non-hydrogen) atoms. The van der Waals surface area contributed by atoms with Gasteiger partial charge in [-0.2, -0.15) is 0 Å². The van der Waals surface area contributed by atoms with Crippen molar-refractivity contribution in [1.82, 2.24) is 0 Å². The Morgan fingerprint density at radius 2 is 0.613 bits per heavy atom. The highest BCUT2D eigenvalue weighted by atomic mass is 14.6. The van der Waals surface area contributed by atoms with Gasteiger partial charge in [0.25, 0.3) is 0 Å². The summed E-state index contributed by atoms with van der Waals surface area (Å²) in [5.41, 5.74) is 13.1. The summed E-state index contributed by atoms with van der Waals surface area (Å²) in [6.07, 6.45) is 0. The zero-order valence-corrected chi connectivity index (χ0v) is 18.7. The van der Waals surface area contributed by atoms with Gasteiger partial charge in [-0.3, -0.25) is 0 Å². The first-order valence-electron chi connectivity index (χ1n) is 11.0. The van der Waals surface area contributed by atoms with Crippen LogP contribution >= 0.6 is 0 Å². The molecule has 0 unspecified atom stereocenters. The van der Waals surface area contributed by atoms with Crippen molar-refractivity contribution >= 4 is 11.1 Å². The van der Waals surface area contributed by atoms with Crippen LogP contribution in [0.3, 0.4) is 0 Å². The smallest absolute Gasteiger partial charge is 0.0590 e. The van der Waals surface area contributed by atoms with E-state index in [1.54, 1.807) is 0 Å². The number of allylic oxidation sites excluding steroid dienone is 2. The zero-order valence-electron chi connectivity index (χ0n) is 18.7. The van der Waals surface area contributed by atoms with E-state index < -0.39 is 0 Å². The monoisotopic (exact) mass is 400 g/mol. The van der Waals surface area contributed by atoms with E-state index in [2.05, 4.69) is 125 Å². The van der Waals surface area contributed by atoms with Crippen LogP contribution in [0.1, 0.15) is 44.5 Å². The lowest BCUT2D eigenvalue weighted by atomic mass is 9.78. The summed E-state index contributed by atoms with van der Waals surface area (Å²) < 4.78 is 0. The van der Waals surface area contributed by atoms with Crippen LogP contribution in [0.4, 0.5) is 0 Å². The van der Waals surface area contributed by atoms with Gasteiger partial charge in [-0.1, -0.05) is 119 Å². The number of hydrogen-bond acceptors (Lipinski definition) is 0. The molecule has 4 aromatic rings. The molecule has 152 valence electrons. The van der Waals surface area contributed by atoms with Gasteiger partial charge in [-0.05, 0) is 61.1 Å². The molecule has 0 heteroatoms. The molecular formula is C31H28. The Labute approximate surface area is 185 Å². The fourth-order valence-electron chi connectivity index (χ4n) is 4.79. The van der Waals surface area contributed by atoms with Crippen molar-refractivity contribution in [2.24, 2.45) is 0 Å². The molecule has 0 radical (unpaired) electrons. The van der Waals surface area contributed by atoms with Crippen molar-refractivity contribution in [3.8, 4) is 0 Å². The predicted octanol–water partition coefficient (Wildman–Crippen LogP) is 7.83. The lowest BCUT2D eigenvalue weighted by Crippen LogP contribution is -2.15. The van der Waals surface area contributed by atoms with Crippen LogP contribution in [-0.4, -0.2) is 0 Å². The first-order chi connectivity index (χ1) is 15.0. The van der Waals surface area contributed by atoms with E-state index in [-0.39, 0.29) is 5.41 Å². The van der Waals surface area contributed by atoms with E-state index in [9.17, 15) is 0 Å². The lowest BCUT2D eigenvalue weighted by Gasteiger charge is -2.23. The maximum atomic E-state index is 2.31. The van der Waals surface area contributed by atoms with Crippen LogP contribution in [-0.2, 0) is 5.41 Å². The number of rotatable bonds is 4. The normalized spacial score (nSPS) is 14.6. The fraction of sp³-hybridized carbons (Fsp3) is 0.161. The van der Waals surface area contributed by atoms with Gasteiger partial charge in [0.15, 0.2) is 0 Å². The van der Waals surface area contributed by atoms with Crippen molar-refractivity contribution in [2.75, 3.05) is 0 Å². The molecule has 0 nitrogen and oxygen atoms in total. The topological polar surface area (TPSA) is 0 Å². The van der Waals surface area contributed by atoms with Crippen LogP contribution in [0.2, 0.25) is 0 Å². The van der Waals surface area contributed by atoms with E-state index in [1.165, 1.54) is 55.7 Å². The van der Waals surface area contributed by atoms with Gasteiger partial charge >= 0.3 is 0 Å². The van der Waals surface area contributed by atoms with E-state index >= 15 is 0 Å². The van der Waals surface area contributed by atoms with Gasteiger partial charge < -0.3 is 0 Å². The Morgan fingerprint density at radius 1 is 0.355 bits per heavy atom. The quantitative estimate of drug-likeness (QED) is 0.327. The van der Waals surface area contributed by atoms with Crippen LogP contribution in [0, 0.1) is 27.7 Å². The van der Waals surface area contributed by atoms with Crippen LogP contribution < -0.4 is 0 Å². The van der Waals surface area contributed by atoms with E-state index in [0.717, 1.165) is 0 Å². The van der Waals surface area contributed by atoms with Crippen molar-refractivity contribution in [2.45, 2.75) is 33.1 Å². The molecule has 0 atom stereocenters. The highest BCUT2D eigenvalue weighted by molar-refractivity contribution is 6.21. The molecule has 0 aliphatic heterocycles. The molecule has 0 spiro atoms. The van der Waals surface area contributed by atoms with E-state index in [4.69, 9.17) is 0 Å². The zero-order chi connectivity index (χ0) is 21.6. The predicted molar refractivity (Wildman–Crippen MR) is 132 cm³/mol. The first kappa shape index (κ1) is 19.6. The Morgan fingerprint density at radius 3 is 0.903 bits per heavy atom. The summed E-state index contributed by atoms with van der Waals surface area (Å²) in [6, 6.07) is 36.2. The van der Waals surface area contributed by atoms with Crippen molar-refractivity contribution in [3.05, 3.63) is 142 Å². The number of benzene rings is 4. The maximum absolute atomic E-state index is 2.31. The number of aryl methyl sites for hydroxylation is 4. The third kappa shape index (κ3) is 3.24. The largest absolute Gasteiger partial charge is 0.0720 e. The van der Waals surface area contributed by atoms with Crippen LogP contribution in [0.5, 0.6) is 0 Å². The average Bonchev–Trinajstić information content (AvgIpc) is 3.46. The molecule has 0 aromatic heterocycles. The minimum absolute atomic E-state index is 0.216. The second kappa shape index (κ2) is 7.39. The molecule has 0 heterocycles. The van der Waals surface area contributed by atoms with Crippen molar-refractivity contribution in [1.29, 1.82) is 0 Å². The van der Waals surface area contributed by atoms with Gasteiger partial charge in [0.05, 0.1) is 5.41 Å². The summed E-state index contributed by atoms with van der Waals surface area (Å²) in [5, 5.41) is 0. The maximum Gasteiger partial charge on any atom is 0.0720 e. The Kier molecular flexibility index (Phi) is 4.67. The SMILES string of the molecule is Cc1ccc(C2=C(c3ccc(C)cc3)C2(c2ccc(C)cc2)c2ccc(C)cc2)cc1. The van der Waals surface area contributed by atoms with Gasteiger partial charge in [-0.15, -0.1) is 0 Å². The van der Waals surface area contributed by atoms with Crippen molar-refractivity contribution < 1.29 is 0 Å². The second-order valence-corrected chi connectivity index (χ2v) is 8.96. The number of hydrogen-bond donors (Lipinski definition) is 0. The summed E-state index contributed by atoms with van der Waals surface area (Å²) in [5.74, 6) is 0.